The molecule has 0 saturated heterocycles. The van der Waals surface area contributed by atoms with Crippen molar-refractivity contribution in [1.29, 1.82) is 5.26 Å². The standard InChI is InChI=1S/C26H24N2O/c1-17-13-21-14-23(29)10-12-26(21)24(18(17)2)11-9-22-8-7-20(16-28-22)25-6-4-3-5-19(25)15-27/h3-12,16-18,24H,13-14H2,1-2H3/b11-9+/t17-,18+,24-/m0/s1. The Hall–Kier alpha value is -3.25. The summed E-state index contributed by atoms with van der Waals surface area (Å²) in [7, 11) is 0. The van der Waals surface area contributed by atoms with Gasteiger partial charge < -0.3 is 0 Å². The van der Waals surface area contributed by atoms with E-state index in [2.05, 4.69) is 37.1 Å². The van der Waals surface area contributed by atoms with Crippen LogP contribution in [-0.2, 0) is 4.79 Å². The number of hydrogen-bond donors (Lipinski definition) is 0. The van der Waals surface area contributed by atoms with Crippen molar-refractivity contribution in [2.24, 2.45) is 17.8 Å². The van der Waals surface area contributed by atoms with E-state index >= 15 is 0 Å². The van der Waals surface area contributed by atoms with Crippen LogP contribution in [0.2, 0.25) is 0 Å². The third-order valence-corrected chi connectivity index (χ3v) is 6.26. The van der Waals surface area contributed by atoms with Crippen LogP contribution < -0.4 is 0 Å². The first-order valence-corrected chi connectivity index (χ1v) is 10.1. The third kappa shape index (κ3) is 3.84. The average molecular weight is 380 g/mol. The second-order valence-electron chi connectivity index (χ2n) is 8.09. The van der Waals surface area contributed by atoms with Gasteiger partial charge in [0.1, 0.15) is 0 Å². The summed E-state index contributed by atoms with van der Waals surface area (Å²) in [6.07, 6.45) is 11.5. The van der Waals surface area contributed by atoms with E-state index in [9.17, 15) is 10.1 Å². The number of rotatable bonds is 3. The van der Waals surface area contributed by atoms with Crippen molar-refractivity contribution >= 4 is 11.9 Å². The number of ketones is 1. The van der Waals surface area contributed by atoms with Gasteiger partial charge in [-0.1, -0.05) is 55.8 Å². The van der Waals surface area contributed by atoms with E-state index in [-0.39, 0.29) is 5.78 Å². The molecule has 1 heterocycles. The maximum absolute atomic E-state index is 11.8. The van der Waals surface area contributed by atoms with E-state index in [4.69, 9.17) is 0 Å². The Kier molecular flexibility index (Phi) is 5.27. The molecule has 0 amide bonds. The molecule has 1 aromatic heterocycles. The van der Waals surface area contributed by atoms with Crippen molar-refractivity contribution < 1.29 is 4.79 Å². The van der Waals surface area contributed by atoms with E-state index in [1.165, 1.54) is 11.1 Å². The zero-order chi connectivity index (χ0) is 20.4. The van der Waals surface area contributed by atoms with Gasteiger partial charge in [-0.3, -0.25) is 9.78 Å². The maximum Gasteiger partial charge on any atom is 0.159 e. The first-order chi connectivity index (χ1) is 14.1. The van der Waals surface area contributed by atoms with Gasteiger partial charge in [-0.05, 0) is 48.1 Å². The van der Waals surface area contributed by atoms with Gasteiger partial charge in [0.05, 0.1) is 17.3 Å². The van der Waals surface area contributed by atoms with Crippen LogP contribution in [0.15, 0.2) is 72.0 Å². The fraction of sp³-hybridized carbons (Fsp3) is 0.269. The van der Waals surface area contributed by atoms with Crippen molar-refractivity contribution in [2.45, 2.75) is 26.7 Å². The first kappa shape index (κ1) is 19.1. The second kappa shape index (κ2) is 8.01. The SMILES string of the molecule is C[C@H]1[C@H](/C=C/c2ccc(-c3ccccc3C#N)cn2)C2=C(CC(=O)C=C2)C[C@@H]1C. The Balaban J connectivity index is 1.59. The van der Waals surface area contributed by atoms with E-state index in [0.29, 0.717) is 29.7 Å². The molecule has 3 atom stereocenters. The zero-order valence-corrected chi connectivity index (χ0v) is 16.8. The average Bonchev–Trinajstić information content (AvgIpc) is 2.74. The van der Waals surface area contributed by atoms with Crippen LogP contribution in [0.25, 0.3) is 17.2 Å². The lowest BCUT2D eigenvalue weighted by Gasteiger charge is -2.36. The highest BCUT2D eigenvalue weighted by Gasteiger charge is 2.32. The molecule has 2 aliphatic rings. The molecule has 1 aromatic carbocycles. The molecule has 144 valence electrons. The maximum atomic E-state index is 11.8. The van der Waals surface area contributed by atoms with Gasteiger partial charge in [0.2, 0.25) is 0 Å². The summed E-state index contributed by atoms with van der Waals surface area (Å²) in [5, 5.41) is 9.31. The van der Waals surface area contributed by atoms with Gasteiger partial charge in [-0.15, -0.1) is 0 Å². The molecule has 0 unspecified atom stereocenters. The van der Waals surface area contributed by atoms with Gasteiger partial charge in [0.25, 0.3) is 0 Å². The van der Waals surface area contributed by atoms with E-state index in [0.717, 1.165) is 23.2 Å². The fourth-order valence-corrected chi connectivity index (χ4v) is 4.40. The summed E-state index contributed by atoms with van der Waals surface area (Å²) in [4.78, 5) is 16.4. The predicted molar refractivity (Wildman–Crippen MR) is 116 cm³/mol. The zero-order valence-electron chi connectivity index (χ0n) is 16.8. The first-order valence-electron chi connectivity index (χ1n) is 10.1. The molecule has 2 aromatic rings. The van der Waals surface area contributed by atoms with Crippen LogP contribution >= 0.6 is 0 Å². The Bertz CT molecular complexity index is 1070. The van der Waals surface area contributed by atoms with Crippen molar-refractivity contribution in [3.8, 4) is 17.2 Å². The lowest BCUT2D eigenvalue weighted by atomic mass is 9.68. The monoisotopic (exact) mass is 380 g/mol. The molecular formula is C26H24N2O. The molecule has 3 heteroatoms. The summed E-state index contributed by atoms with van der Waals surface area (Å²) in [6.45, 7) is 4.57. The Morgan fingerprint density at radius 1 is 1.14 bits per heavy atom. The Labute approximate surface area is 172 Å². The number of nitriles is 1. The van der Waals surface area contributed by atoms with Crippen molar-refractivity contribution in [3.05, 3.63) is 83.2 Å². The summed E-state index contributed by atoms with van der Waals surface area (Å²) < 4.78 is 0. The quantitative estimate of drug-likeness (QED) is 0.681. The molecule has 0 spiro atoms. The summed E-state index contributed by atoms with van der Waals surface area (Å²) in [5.41, 5.74) is 6.00. The van der Waals surface area contributed by atoms with Gasteiger partial charge in [-0.25, -0.2) is 0 Å². The van der Waals surface area contributed by atoms with Gasteiger partial charge >= 0.3 is 0 Å². The van der Waals surface area contributed by atoms with Gasteiger partial charge in [0, 0.05) is 29.7 Å². The second-order valence-corrected chi connectivity index (χ2v) is 8.09. The lowest BCUT2D eigenvalue weighted by molar-refractivity contribution is -0.114. The van der Waals surface area contributed by atoms with Gasteiger partial charge in [-0.2, -0.15) is 5.26 Å². The molecular weight excluding hydrogens is 356 g/mol. The third-order valence-electron chi connectivity index (χ3n) is 6.26. The number of carbonyl (C=O) groups excluding carboxylic acids is 1. The normalized spacial score (nSPS) is 23.9. The molecule has 0 bridgehead atoms. The number of allylic oxidation sites excluding steroid dienone is 5. The summed E-state index contributed by atoms with van der Waals surface area (Å²) in [5.74, 6) is 1.59. The highest BCUT2D eigenvalue weighted by Crippen LogP contribution is 2.42. The molecule has 29 heavy (non-hydrogen) atoms. The van der Waals surface area contributed by atoms with E-state index in [1.54, 1.807) is 6.08 Å². The van der Waals surface area contributed by atoms with Crippen LogP contribution in [0.1, 0.15) is 37.9 Å². The number of aromatic nitrogens is 1. The van der Waals surface area contributed by atoms with E-state index < -0.39 is 0 Å². The minimum atomic E-state index is 0.211. The molecule has 3 nitrogen and oxygen atoms in total. The summed E-state index contributed by atoms with van der Waals surface area (Å²) >= 11 is 0. The van der Waals surface area contributed by atoms with Crippen molar-refractivity contribution in [3.63, 3.8) is 0 Å². The van der Waals surface area contributed by atoms with Crippen molar-refractivity contribution in [2.75, 3.05) is 0 Å². The largest absolute Gasteiger partial charge is 0.294 e. The van der Waals surface area contributed by atoms with Crippen LogP contribution in [0.5, 0.6) is 0 Å². The van der Waals surface area contributed by atoms with Gasteiger partial charge in [0.15, 0.2) is 5.78 Å². The van der Waals surface area contributed by atoms with Crippen molar-refractivity contribution in [1.82, 2.24) is 4.98 Å². The number of hydrogen-bond acceptors (Lipinski definition) is 3. The topological polar surface area (TPSA) is 53.8 Å². The molecule has 0 aliphatic heterocycles. The predicted octanol–water partition coefficient (Wildman–Crippen LogP) is 5.75. The smallest absolute Gasteiger partial charge is 0.159 e. The molecule has 0 fully saturated rings. The molecule has 0 radical (unpaired) electrons. The Morgan fingerprint density at radius 2 is 1.97 bits per heavy atom. The molecule has 4 rings (SSSR count). The minimum Gasteiger partial charge on any atom is -0.294 e. The molecule has 2 aliphatic carbocycles. The number of nitrogens with zero attached hydrogens (tertiary/aromatic N) is 2. The minimum absolute atomic E-state index is 0.211. The number of carbonyl (C=O) groups is 1. The lowest BCUT2D eigenvalue weighted by Crippen LogP contribution is -2.27. The highest BCUT2D eigenvalue weighted by molar-refractivity contribution is 5.93. The molecule has 0 saturated carbocycles. The van der Waals surface area contributed by atoms with Crippen LogP contribution in [0.3, 0.4) is 0 Å². The van der Waals surface area contributed by atoms with E-state index in [1.807, 2.05) is 48.7 Å². The van der Waals surface area contributed by atoms with Crippen LogP contribution in [-0.4, -0.2) is 10.8 Å². The molecule has 0 N–H and O–H groups in total. The highest BCUT2D eigenvalue weighted by atomic mass is 16.1. The fourth-order valence-electron chi connectivity index (χ4n) is 4.40. The number of benzene rings is 1. The number of pyridine rings is 1. The Morgan fingerprint density at radius 3 is 2.72 bits per heavy atom. The van der Waals surface area contributed by atoms with Crippen LogP contribution in [0, 0.1) is 29.1 Å². The summed E-state index contributed by atoms with van der Waals surface area (Å²) in [6, 6.07) is 13.8. The van der Waals surface area contributed by atoms with Crippen LogP contribution in [0.4, 0.5) is 0 Å².